The van der Waals surface area contributed by atoms with E-state index < -0.39 is 0 Å². The molecule has 3 rings (SSSR count). The molecule has 18 heavy (non-hydrogen) atoms. The number of aromatic amines is 1. The van der Waals surface area contributed by atoms with E-state index in [4.69, 9.17) is 17.0 Å². The van der Waals surface area contributed by atoms with E-state index >= 15 is 0 Å². The van der Waals surface area contributed by atoms with E-state index in [1.54, 1.807) is 0 Å². The van der Waals surface area contributed by atoms with Crippen molar-refractivity contribution in [3.05, 3.63) is 28.5 Å². The SMILES string of the molecule is Cc1ccc2c(c1)[nH]c(=S)n2C1CCOCC1C. The van der Waals surface area contributed by atoms with Crippen molar-refractivity contribution in [3.63, 3.8) is 0 Å². The molecular formula is C14H18N2OS. The van der Waals surface area contributed by atoms with Crippen LogP contribution in [-0.2, 0) is 4.74 Å². The van der Waals surface area contributed by atoms with Crippen LogP contribution in [0.5, 0.6) is 0 Å². The topological polar surface area (TPSA) is 29.9 Å². The van der Waals surface area contributed by atoms with Gasteiger partial charge in [-0.05, 0) is 43.3 Å². The first kappa shape index (κ1) is 11.9. The van der Waals surface area contributed by atoms with Gasteiger partial charge in [-0.25, -0.2) is 0 Å². The van der Waals surface area contributed by atoms with Gasteiger partial charge in [0, 0.05) is 18.6 Å². The second-order valence-corrected chi connectivity index (χ2v) is 5.62. The maximum Gasteiger partial charge on any atom is 0.178 e. The Morgan fingerprint density at radius 2 is 2.28 bits per heavy atom. The van der Waals surface area contributed by atoms with Crippen LogP contribution in [0.2, 0.25) is 0 Å². The second-order valence-electron chi connectivity index (χ2n) is 5.23. The van der Waals surface area contributed by atoms with Crippen LogP contribution in [0.1, 0.15) is 24.9 Å². The van der Waals surface area contributed by atoms with Crippen molar-refractivity contribution < 1.29 is 4.74 Å². The van der Waals surface area contributed by atoms with E-state index in [1.807, 2.05) is 0 Å². The van der Waals surface area contributed by atoms with Crippen LogP contribution in [0.4, 0.5) is 0 Å². The smallest absolute Gasteiger partial charge is 0.178 e. The number of imidazole rings is 1. The van der Waals surface area contributed by atoms with E-state index in [2.05, 4.69) is 41.6 Å². The Hall–Kier alpha value is -1.13. The molecule has 4 heteroatoms. The number of nitrogens with one attached hydrogen (secondary N) is 1. The minimum atomic E-state index is 0.447. The predicted molar refractivity (Wildman–Crippen MR) is 75.5 cm³/mol. The van der Waals surface area contributed by atoms with Crippen LogP contribution >= 0.6 is 12.2 Å². The van der Waals surface area contributed by atoms with Gasteiger partial charge in [-0.2, -0.15) is 0 Å². The molecular weight excluding hydrogens is 244 g/mol. The lowest BCUT2D eigenvalue weighted by Gasteiger charge is -2.30. The van der Waals surface area contributed by atoms with Crippen LogP contribution in [0.15, 0.2) is 18.2 Å². The van der Waals surface area contributed by atoms with Gasteiger partial charge in [0.1, 0.15) is 0 Å². The Kier molecular flexibility index (Phi) is 2.99. The number of aromatic nitrogens is 2. The van der Waals surface area contributed by atoms with Gasteiger partial charge >= 0.3 is 0 Å². The van der Waals surface area contributed by atoms with Gasteiger partial charge in [0.25, 0.3) is 0 Å². The Labute approximate surface area is 112 Å². The van der Waals surface area contributed by atoms with Gasteiger partial charge < -0.3 is 14.3 Å². The number of benzene rings is 1. The molecule has 2 heterocycles. The fourth-order valence-corrected chi connectivity index (χ4v) is 3.17. The average molecular weight is 262 g/mol. The number of hydrogen-bond donors (Lipinski definition) is 1. The molecule has 1 aliphatic rings. The summed E-state index contributed by atoms with van der Waals surface area (Å²) in [6.07, 6.45) is 1.04. The standard InChI is InChI=1S/C14H18N2OS/c1-9-3-4-13-11(7-9)15-14(18)16(13)12-5-6-17-8-10(12)2/h3-4,7,10,12H,5-6,8H2,1-2H3,(H,15,18). The van der Waals surface area contributed by atoms with Gasteiger partial charge in [0.05, 0.1) is 17.6 Å². The minimum absolute atomic E-state index is 0.447. The molecule has 0 saturated carbocycles. The van der Waals surface area contributed by atoms with Crippen LogP contribution in [0.3, 0.4) is 0 Å². The second kappa shape index (κ2) is 4.52. The zero-order chi connectivity index (χ0) is 12.7. The monoisotopic (exact) mass is 262 g/mol. The summed E-state index contributed by atoms with van der Waals surface area (Å²) in [5.41, 5.74) is 3.61. The minimum Gasteiger partial charge on any atom is -0.381 e. The third-order valence-corrected chi connectivity index (χ3v) is 4.10. The first-order valence-electron chi connectivity index (χ1n) is 6.45. The van der Waals surface area contributed by atoms with Gasteiger partial charge in [0.2, 0.25) is 0 Å². The largest absolute Gasteiger partial charge is 0.381 e. The summed E-state index contributed by atoms with van der Waals surface area (Å²) < 4.78 is 8.63. The lowest BCUT2D eigenvalue weighted by Crippen LogP contribution is -2.28. The van der Waals surface area contributed by atoms with Crippen molar-refractivity contribution in [2.75, 3.05) is 13.2 Å². The molecule has 1 aromatic heterocycles. The zero-order valence-electron chi connectivity index (χ0n) is 10.8. The fraction of sp³-hybridized carbons (Fsp3) is 0.500. The number of rotatable bonds is 1. The Bertz CT molecular complexity index is 628. The predicted octanol–water partition coefficient (Wildman–Crippen LogP) is 3.60. The van der Waals surface area contributed by atoms with Crippen LogP contribution in [-0.4, -0.2) is 22.8 Å². The van der Waals surface area contributed by atoms with Gasteiger partial charge in [-0.3, -0.25) is 0 Å². The van der Waals surface area contributed by atoms with E-state index in [9.17, 15) is 0 Å². The van der Waals surface area contributed by atoms with Crippen LogP contribution < -0.4 is 0 Å². The summed E-state index contributed by atoms with van der Waals surface area (Å²) in [4.78, 5) is 3.32. The fourth-order valence-electron chi connectivity index (χ4n) is 2.83. The van der Waals surface area contributed by atoms with Crippen molar-refractivity contribution in [2.24, 2.45) is 5.92 Å². The maximum atomic E-state index is 5.52. The Balaban J connectivity index is 2.16. The lowest BCUT2D eigenvalue weighted by atomic mass is 9.97. The molecule has 1 saturated heterocycles. The summed E-state index contributed by atoms with van der Waals surface area (Å²) >= 11 is 5.50. The number of hydrogen-bond acceptors (Lipinski definition) is 2. The van der Waals surface area contributed by atoms with Crippen molar-refractivity contribution in [1.29, 1.82) is 0 Å². The molecule has 1 fully saturated rings. The highest BCUT2D eigenvalue weighted by Crippen LogP contribution is 2.30. The molecule has 0 bridgehead atoms. The Morgan fingerprint density at radius 3 is 3.06 bits per heavy atom. The molecule has 3 nitrogen and oxygen atoms in total. The molecule has 2 unspecified atom stereocenters. The first-order valence-corrected chi connectivity index (χ1v) is 6.86. The van der Waals surface area contributed by atoms with Crippen molar-refractivity contribution >= 4 is 23.3 Å². The number of H-pyrrole nitrogens is 1. The molecule has 0 aliphatic carbocycles. The summed E-state index contributed by atoms with van der Waals surface area (Å²) in [7, 11) is 0. The number of nitrogens with zero attached hydrogens (tertiary/aromatic N) is 1. The van der Waals surface area contributed by atoms with Crippen molar-refractivity contribution in [2.45, 2.75) is 26.3 Å². The lowest BCUT2D eigenvalue weighted by molar-refractivity contribution is 0.0294. The first-order chi connectivity index (χ1) is 8.66. The van der Waals surface area contributed by atoms with E-state index in [1.165, 1.54) is 11.1 Å². The molecule has 0 amide bonds. The quantitative estimate of drug-likeness (QED) is 0.796. The van der Waals surface area contributed by atoms with Gasteiger partial charge in [0.15, 0.2) is 4.77 Å². The molecule has 0 spiro atoms. The normalized spacial score (nSPS) is 24.6. The molecule has 1 aromatic carbocycles. The van der Waals surface area contributed by atoms with Crippen molar-refractivity contribution in [1.82, 2.24) is 9.55 Å². The molecule has 1 aliphatic heterocycles. The van der Waals surface area contributed by atoms with Gasteiger partial charge in [-0.15, -0.1) is 0 Å². The van der Waals surface area contributed by atoms with Crippen LogP contribution in [0, 0.1) is 17.6 Å². The summed E-state index contributed by atoms with van der Waals surface area (Å²) in [6.45, 7) is 5.99. The highest BCUT2D eigenvalue weighted by Gasteiger charge is 2.25. The summed E-state index contributed by atoms with van der Waals surface area (Å²) in [6, 6.07) is 6.92. The number of fused-ring (bicyclic) bond motifs is 1. The van der Waals surface area contributed by atoms with E-state index in [0.29, 0.717) is 12.0 Å². The number of aryl methyl sites for hydroxylation is 1. The van der Waals surface area contributed by atoms with Crippen molar-refractivity contribution in [3.8, 4) is 0 Å². The highest BCUT2D eigenvalue weighted by molar-refractivity contribution is 7.71. The third-order valence-electron chi connectivity index (χ3n) is 3.80. The maximum absolute atomic E-state index is 5.52. The average Bonchev–Trinajstić information content (AvgIpc) is 2.65. The van der Waals surface area contributed by atoms with E-state index in [-0.39, 0.29) is 0 Å². The molecule has 2 atom stereocenters. The van der Waals surface area contributed by atoms with Crippen LogP contribution in [0.25, 0.3) is 11.0 Å². The Morgan fingerprint density at radius 1 is 1.44 bits per heavy atom. The summed E-state index contributed by atoms with van der Waals surface area (Å²) in [5.74, 6) is 0.505. The highest BCUT2D eigenvalue weighted by atomic mass is 32.1. The summed E-state index contributed by atoms with van der Waals surface area (Å²) in [5, 5.41) is 0. The third kappa shape index (κ3) is 1.89. The molecule has 2 aromatic rings. The zero-order valence-corrected chi connectivity index (χ0v) is 11.6. The number of ether oxygens (including phenoxy) is 1. The molecule has 0 radical (unpaired) electrons. The van der Waals surface area contributed by atoms with Gasteiger partial charge in [-0.1, -0.05) is 13.0 Å². The van der Waals surface area contributed by atoms with E-state index in [0.717, 1.165) is 29.9 Å². The molecule has 1 N–H and O–H groups in total. The molecule has 96 valence electrons.